The molecule has 11 nitrogen and oxygen atoms in total. The molecule has 2 aliphatic heterocycles. The fourth-order valence-electron chi connectivity index (χ4n) is 3.46. The third-order valence-electron chi connectivity index (χ3n) is 5.08. The summed E-state index contributed by atoms with van der Waals surface area (Å²) in [5.74, 6) is -1.02. The number of methoxy groups -OCH3 is 1. The van der Waals surface area contributed by atoms with Crippen molar-refractivity contribution in [1.82, 2.24) is 4.90 Å². The highest BCUT2D eigenvalue weighted by atomic mass is 32.2. The zero-order valence-corrected chi connectivity index (χ0v) is 18.3. The number of hydrogen-bond donors (Lipinski definition) is 0. The van der Waals surface area contributed by atoms with Gasteiger partial charge >= 0.3 is 5.97 Å². The summed E-state index contributed by atoms with van der Waals surface area (Å²) in [5, 5.41) is 11.1. The lowest BCUT2D eigenvalue weighted by molar-refractivity contribution is -0.384. The Labute approximate surface area is 192 Å². The van der Waals surface area contributed by atoms with Gasteiger partial charge < -0.3 is 18.8 Å². The minimum absolute atomic E-state index is 0.0392. The molecule has 172 valence electrons. The van der Waals surface area contributed by atoms with Crippen molar-refractivity contribution in [2.75, 3.05) is 38.3 Å². The second-order valence-corrected chi connectivity index (χ2v) is 8.12. The lowest BCUT2D eigenvalue weighted by Crippen LogP contribution is -2.36. The van der Waals surface area contributed by atoms with E-state index in [1.54, 1.807) is 12.1 Å². The number of ether oxygens (including phenoxy) is 2. The van der Waals surface area contributed by atoms with Gasteiger partial charge in [-0.25, -0.2) is 4.79 Å². The second-order valence-electron chi connectivity index (χ2n) is 7.13. The van der Waals surface area contributed by atoms with Crippen molar-refractivity contribution in [2.24, 2.45) is 0 Å². The summed E-state index contributed by atoms with van der Waals surface area (Å²) in [6.45, 7) is 1.91. The summed E-state index contributed by atoms with van der Waals surface area (Å²) in [6.07, 6.45) is 1.45. The number of nitrogens with zero attached hydrogens (tertiary/aromatic N) is 3. The van der Waals surface area contributed by atoms with Crippen LogP contribution in [0.3, 0.4) is 0 Å². The highest BCUT2D eigenvalue weighted by molar-refractivity contribution is 8.18. The Morgan fingerprint density at radius 3 is 2.70 bits per heavy atom. The van der Waals surface area contributed by atoms with Crippen molar-refractivity contribution in [3.63, 3.8) is 0 Å². The van der Waals surface area contributed by atoms with Crippen LogP contribution in [0.15, 0.2) is 39.7 Å². The van der Waals surface area contributed by atoms with Crippen LogP contribution in [0.5, 0.6) is 0 Å². The van der Waals surface area contributed by atoms with Gasteiger partial charge in [0, 0.05) is 19.2 Å². The molecule has 2 amide bonds. The van der Waals surface area contributed by atoms with Gasteiger partial charge in [0.05, 0.1) is 36.7 Å². The van der Waals surface area contributed by atoms with E-state index in [4.69, 9.17) is 9.15 Å². The molecule has 0 unspecified atom stereocenters. The van der Waals surface area contributed by atoms with Crippen LogP contribution in [-0.2, 0) is 20.8 Å². The molecule has 2 aliphatic rings. The number of carbonyl (C=O) groups excluding carboxylic acids is 3. The van der Waals surface area contributed by atoms with Crippen LogP contribution in [-0.4, -0.2) is 60.4 Å². The normalized spacial score (nSPS) is 17.7. The van der Waals surface area contributed by atoms with Crippen molar-refractivity contribution in [2.45, 2.75) is 6.54 Å². The molecule has 2 aromatic rings. The van der Waals surface area contributed by atoms with E-state index in [1.807, 2.05) is 4.90 Å². The van der Waals surface area contributed by atoms with E-state index in [1.165, 1.54) is 31.4 Å². The van der Waals surface area contributed by atoms with Gasteiger partial charge in [0.1, 0.15) is 11.4 Å². The van der Waals surface area contributed by atoms with E-state index >= 15 is 0 Å². The average Bonchev–Trinajstić information content (AvgIpc) is 3.39. The van der Waals surface area contributed by atoms with Crippen molar-refractivity contribution >= 4 is 46.3 Å². The Kier molecular flexibility index (Phi) is 6.47. The number of nitro benzene ring substituents is 1. The fourth-order valence-corrected chi connectivity index (χ4v) is 4.30. The molecular weight excluding hydrogens is 454 g/mol. The van der Waals surface area contributed by atoms with Gasteiger partial charge in [-0.05, 0) is 41.6 Å². The molecule has 2 saturated heterocycles. The summed E-state index contributed by atoms with van der Waals surface area (Å²) in [7, 11) is 1.21. The first-order valence-electron chi connectivity index (χ1n) is 9.91. The number of imide groups is 1. The third kappa shape index (κ3) is 4.76. The van der Waals surface area contributed by atoms with E-state index < -0.39 is 22.0 Å². The number of benzene rings is 1. The molecule has 1 aromatic heterocycles. The maximum atomic E-state index is 12.8. The van der Waals surface area contributed by atoms with E-state index in [0.29, 0.717) is 37.6 Å². The average molecular weight is 473 g/mol. The summed E-state index contributed by atoms with van der Waals surface area (Å²) >= 11 is 0.728. The molecule has 0 N–H and O–H groups in total. The van der Waals surface area contributed by atoms with Crippen LogP contribution in [0, 0.1) is 10.1 Å². The molecule has 0 atom stereocenters. The number of anilines is 1. The molecule has 4 rings (SSSR count). The Bertz CT molecular complexity index is 1150. The zero-order valence-electron chi connectivity index (χ0n) is 17.5. The first-order chi connectivity index (χ1) is 15.9. The summed E-state index contributed by atoms with van der Waals surface area (Å²) < 4.78 is 15.2. The first-order valence-corrected chi connectivity index (χ1v) is 10.7. The van der Waals surface area contributed by atoms with Gasteiger partial charge in [0.2, 0.25) is 5.76 Å². The van der Waals surface area contributed by atoms with E-state index in [9.17, 15) is 24.5 Å². The highest BCUT2D eigenvalue weighted by Crippen LogP contribution is 2.35. The standard InChI is InChI=1S/C21H19N3O8S/c1-30-20(26)17-5-3-14(32-17)12-23-19(25)18(33-21(23)27)11-13-2-4-15(16(10-13)24(28)29)22-6-8-31-9-7-22/h2-5,10-11H,6-9,12H2,1H3/b18-11+. The minimum Gasteiger partial charge on any atom is -0.463 e. The number of amides is 2. The van der Waals surface area contributed by atoms with Crippen molar-refractivity contribution in [3.05, 3.63) is 62.4 Å². The number of nitro groups is 1. The summed E-state index contributed by atoms with van der Waals surface area (Å²) in [6, 6.07) is 7.56. The molecule has 0 bridgehead atoms. The largest absolute Gasteiger partial charge is 0.463 e. The zero-order chi connectivity index (χ0) is 23.5. The van der Waals surface area contributed by atoms with Gasteiger partial charge in [-0.2, -0.15) is 0 Å². The summed E-state index contributed by atoms with van der Waals surface area (Å²) in [5.41, 5.74) is 0.818. The van der Waals surface area contributed by atoms with Crippen LogP contribution in [0.1, 0.15) is 21.9 Å². The predicted molar refractivity (Wildman–Crippen MR) is 118 cm³/mol. The van der Waals surface area contributed by atoms with E-state index in [0.717, 1.165) is 16.7 Å². The molecule has 12 heteroatoms. The number of rotatable bonds is 6. The number of thioether (sulfide) groups is 1. The van der Waals surface area contributed by atoms with E-state index in [-0.39, 0.29) is 28.7 Å². The molecule has 1 aromatic carbocycles. The van der Waals surface area contributed by atoms with Crippen LogP contribution in [0.2, 0.25) is 0 Å². The number of furan rings is 1. The van der Waals surface area contributed by atoms with Gasteiger partial charge in [0.15, 0.2) is 0 Å². The maximum absolute atomic E-state index is 12.8. The fraction of sp³-hybridized carbons (Fsp3) is 0.286. The molecule has 0 aliphatic carbocycles. The number of carbonyl (C=O) groups is 3. The molecular formula is C21H19N3O8S. The predicted octanol–water partition coefficient (Wildman–Crippen LogP) is 3.05. The number of hydrogen-bond acceptors (Lipinski definition) is 10. The van der Waals surface area contributed by atoms with Gasteiger partial charge in [0.25, 0.3) is 16.8 Å². The Morgan fingerprint density at radius 1 is 1.24 bits per heavy atom. The van der Waals surface area contributed by atoms with Crippen LogP contribution in [0.25, 0.3) is 6.08 Å². The Morgan fingerprint density at radius 2 is 2.00 bits per heavy atom. The molecule has 33 heavy (non-hydrogen) atoms. The number of esters is 1. The van der Waals surface area contributed by atoms with Crippen LogP contribution in [0.4, 0.5) is 16.2 Å². The lowest BCUT2D eigenvalue weighted by Gasteiger charge is -2.28. The Hall–Kier alpha value is -3.64. The van der Waals surface area contributed by atoms with Crippen LogP contribution < -0.4 is 4.90 Å². The SMILES string of the molecule is COC(=O)c1ccc(CN2C(=O)S/C(=C/c3ccc(N4CCOCC4)c([N+](=O)[O-])c3)C2=O)o1. The second kappa shape index (κ2) is 9.46. The minimum atomic E-state index is -0.669. The highest BCUT2D eigenvalue weighted by Gasteiger charge is 2.36. The van der Waals surface area contributed by atoms with Gasteiger partial charge in [-0.15, -0.1) is 0 Å². The smallest absolute Gasteiger partial charge is 0.373 e. The van der Waals surface area contributed by atoms with E-state index in [2.05, 4.69) is 4.74 Å². The first kappa shape index (κ1) is 22.6. The van der Waals surface area contributed by atoms with Crippen molar-refractivity contribution in [1.29, 1.82) is 0 Å². The van der Waals surface area contributed by atoms with Gasteiger partial charge in [-0.3, -0.25) is 24.6 Å². The van der Waals surface area contributed by atoms with Crippen LogP contribution >= 0.6 is 11.8 Å². The number of morpholine rings is 1. The topological polar surface area (TPSA) is 132 Å². The van der Waals surface area contributed by atoms with Crippen molar-refractivity contribution < 1.29 is 33.2 Å². The molecule has 0 radical (unpaired) electrons. The summed E-state index contributed by atoms with van der Waals surface area (Å²) in [4.78, 5) is 50.9. The quantitative estimate of drug-likeness (QED) is 0.267. The lowest BCUT2D eigenvalue weighted by atomic mass is 10.1. The molecule has 0 saturated carbocycles. The van der Waals surface area contributed by atoms with Crippen molar-refractivity contribution in [3.8, 4) is 0 Å². The molecule has 0 spiro atoms. The van der Waals surface area contributed by atoms with Gasteiger partial charge in [-0.1, -0.05) is 6.07 Å². The maximum Gasteiger partial charge on any atom is 0.373 e. The Balaban J connectivity index is 1.54. The molecule has 2 fully saturated rings. The third-order valence-corrected chi connectivity index (χ3v) is 5.99. The monoisotopic (exact) mass is 473 g/mol. The molecule has 3 heterocycles.